The van der Waals surface area contributed by atoms with Crippen LogP contribution in [0.25, 0.3) is 0 Å². The highest BCUT2D eigenvalue weighted by Crippen LogP contribution is 2.40. The van der Waals surface area contributed by atoms with Gasteiger partial charge in [-0.05, 0) is 49.9 Å². The zero-order valence-corrected chi connectivity index (χ0v) is 12.9. The van der Waals surface area contributed by atoms with Gasteiger partial charge in [-0.1, -0.05) is 20.8 Å². The predicted octanol–water partition coefficient (Wildman–Crippen LogP) is 3.78. The molecule has 2 rings (SSSR count). The fraction of sp³-hybridized carbons (Fsp3) is 0.800. The Bertz CT molecular complexity index is 391. The van der Waals surface area contributed by atoms with Crippen LogP contribution in [0.5, 0.6) is 0 Å². The van der Waals surface area contributed by atoms with Crippen LogP contribution in [0.3, 0.4) is 0 Å². The van der Waals surface area contributed by atoms with Crippen LogP contribution in [0.15, 0.2) is 5.38 Å². The quantitative estimate of drug-likeness (QED) is 0.884. The van der Waals surface area contributed by atoms with Crippen molar-refractivity contribution in [2.45, 2.75) is 59.4 Å². The lowest BCUT2D eigenvalue weighted by atomic mass is 9.67. The molecule has 2 N–H and O–H groups in total. The van der Waals surface area contributed by atoms with Crippen LogP contribution < -0.4 is 5.73 Å². The van der Waals surface area contributed by atoms with E-state index in [2.05, 4.69) is 38.1 Å². The monoisotopic (exact) mass is 266 g/mol. The molecule has 0 bridgehead atoms. The average Bonchev–Trinajstić information content (AvgIpc) is 2.66. The maximum absolute atomic E-state index is 6.31. The third-order valence-electron chi connectivity index (χ3n) is 4.40. The van der Waals surface area contributed by atoms with E-state index in [1.54, 1.807) is 11.3 Å². The molecule has 0 aromatic carbocycles. The lowest BCUT2D eigenvalue weighted by molar-refractivity contribution is 0.126. The summed E-state index contributed by atoms with van der Waals surface area (Å²) in [6.07, 6.45) is 4.80. The highest BCUT2D eigenvalue weighted by Gasteiger charge is 2.34. The van der Waals surface area contributed by atoms with Crippen molar-refractivity contribution in [3.8, 4) is 0 Å². The van der Waals surface area contributed by atoms with Gasteiger partial charge in [0.05, 0.1) is 10.7 Å². The molecule has 0 amide bonds. The van der Waals surface area contributed by atoms with Crippen molar-refractivity contribution in [1.29, 1.82) is 0 Å². The van der Waals surface area contributed by atoms with Crippen molar-refractivity contribution < 1.29 is 0 Å². The molecule has 1 aromatic rings. The molecule has 1 saturated carbocycles. The fourth-order valence-electron chi connectivity index (χ4n) is 3.08. The molecular formula is C15H26N2S. The molecule has 3 unspecified atom stereocenters. The van der Waals surface area contributed by atoms with Crippen molar-refractivity contribution in [1.82, 2.24) is 4.98 Å². The molecule has 0 radical (unpaired) electrons. The third-order valence-corrected chi connectivity index (χ3v) is 5.23. The molecule has 0 saturated heterocycles. The maximum atomic E-state index is 6.31. The van der Waals surface area contributed by atoms with E-state index in [0.29, 0.717) is 17.4 Å². The van der Waals surface area contributed by atoms with E-state index in [9.17, 15) is 0 Å². The van der Waals surface area contributed by atoms with Crippen LogP contribution in [0, 0.1) is 24.2 Å². The highest BCUT2D eigenvalue weighted by atomic mass is 32.1. The molecule has 1 heterocycles. The van der Waals surface area contributed by atoms with Crippen molar-refractivity contribution in [2.24, 2.45) is 23.0 Å². The Morgan fingerprint density at radius 3 is 2.67 bits per heavy atom. The van der Waals surface area contributed by atoms with Gasteiger partial charge in [-0.15, -0.1) is 11.3 Å². The minimum absolute atomic E-state index is 0.366. The Kier molecular flexibility index (Phi) is 4.12. The van der Waals surface area contributed by atoms with Crippen molar-refractivity contribution >= 4 is 11.3 Å². The van der Waals surface area contributed by atoms with Crippen LogP contribution in [-0.4, -0.2) is 11.0 Å². The standard InChI is InChI=1S/C15H26N2S/c1-10-17-13(9-18-10)8-11-7-12(15(2,3)4)5-6-14(11)16/h9,11-12,14H,5-8,16H2,1-4H3. The molecule has 102 valence electrons. The number of aryl methyl sites for hydroxylation is 1. The molecule has 0 aliphatic heterocycles. The molecule has 18 heavy (non-hydrogen) atoms. The van der Waals surface area contributed by atoms with Gasteiger partial charge in [0, 0.05) is 11.4 Å². The van der Waals surface area contributed by atoms with Gasteiger partial charge >= 0.3 is 0 Å². The van der Waals surface area contributed by atoms with Gasteiger partial charge in [0.1, 0.15) is 0 Å². The number of hydrogen-bond acceptors (Lipinski definition) is 3. The second-order valence-electron chi connectivity index (χ2n) is 6.86. The minimum Gasteiger partial charge on any atom is -0.327 e. The summed E-state index contributed by atoms with van der Waals surface area (Å²) in [4.78, 5) is 4.59. The molecule has 3 atom stereocenters. The average molecular weight is 266 g/mol. The van der Waals surface area contributed by atoms with Gasteiger partial charge in [-0.3, -0.25) is 0 Å². The fourth-order valence-corrected chi connectivity index (χ4v) is 3.70. The number of aromatic nitrogens is 1. The second-order valence-corrected chi connectivity index (χ2v) is 7.92. The maximum Gasteiger partial charge on any atom is 0.0897 e. The normalized spacial score (nSPS) is 29.5. The van der Waals surface area contributed by atoms with Crippen LogP contribution in [0.1, 0.15) is 50.7 Å². The molecule has 1 fully saturated rings. The van der Waals surface area contributed by atoms with Gasteiger partial charge < -0.3 is 5.73 Å². The number of rotatable bonds is 2. The molecule has 0 spiro atoms. The summed E-state index contributed by atoms with van der Waals surface area (Å²) in [5.41, 5.74) is 7.97. The van der Waals surface area contributed by atoms with E-state index < -0.39 is 0 Å². The van der Waals surface area contributed by atoms with Crippen LogP contribution in [-0.2, 0) is 6.42 Å². The summed E-state index contributed by atoms with van der Waals surface area (Å²) in [5, 5.41) is 3.37. The molecule has 1 aliphatic carbocycles. The first kappa shape index (κ1) is 14.0. The van der Waals surface area contributed by atoms with Crippen LogP contribution >= 0.6 is 11.3 Å². The van der Waals surface area contributed by atoms with E-state index in [1.807, 2.05) is 0 Å². The van der Waals surface area contributed by atoms with Gasteiger partial charge in [0.2, 0.25) is 0 Å². The van der Waals surface area contributed by atoms with Crippen molar-refractivity contribution in [3.63, 3.8) is 0 Å². The number of nitrogens with two attached hydrogens (primary N) is 1. The number of thiazole rings is 1. The zero-order chi connectivity index (χ0) is 13.3. The summed E-state index contributed by atoms with van der Waals surface area (Å²) in [5.74, 6) is 1.42. The minimum atomic E-state index is 0.366. The van der Waals surface area contributed by atoms with Crippen molar-refractivity contribution in [3.05, 3.63) is 16.1 Å². The Hall–Kier alpha value is -0.410. The summed E-state index contributed by atoms with van der Waals surface area (Å²) in [6.45, 7) is 9.16. The van der Waals surface area contributed by atoms with E-state index in [-0.39, 0.29) is 0 Å². The first-order valence-corrected chi connectivity index (χ1v) is 7.91. The first-order valence-electron chi connectivity index (χ1n) is 7.03. The molecule has 3 heteroatoms. The lowest BCUT2D eigenvalue weighted by Crippen LogP contribution is -2.40. The molecule has 1 aliphatic rings. The molecule has 2 nitrogen and oxygen atoms in total. The number of hydrogen-bond donors (Lipinski definition) is 1. The summed E-state index contributed by atoms with van der Waals surface area (Å²) < 4.78 is 0. The van der Waals surface area contributed by atoms with Gasteiger partial charge in [0.25, 0.3) is 0 Å². The van der Waals surface area contributed by atoms with E-state index in [0.717, 1.165) is 12.3 Å². The first-order chi connectivity index (χ1) is 8.36. The SMILES string of the molecule is Cc1nc(CC2CC(C(C)(C)C)CCC2N)cs1. The third kappa shape index (κ3) is 3.33. The van der Waals surface area contributed by atoms with Gasteiger partial charge in [-0.2, -0.15) is 0 Å². The lowest BCUT2D eigenvalue weighted by Gasteiger charge is -2.40. The second kappa shape index (κ2) is 5.30. The smallest absolute Gasteiger partial charge is 0.0897 e. The van der Waals surface area contributed by atoms with Gasteiger partial charge in [-0.25, -0.2) is 4.98 Å². The number of nitrogens with zero attached hydrogens (tertiary/aromatic N) is 1. The highest BCUT2D eigenvalue weighted by molar-refractivity contribution is 7.09. The Morgan fingerprint density at radius 1 is 1.39 bits per heavy atom. The van der Waals surface area contributed by atoms with E-state index in [4.69, 9.17) is 5.73 Å². The Labute approximate surface area is 115 Å². The van der Waals surface area contributed by atoms with Crippen LogP contribution in [0.2, 0.25) is 0 Å². The summed E-state index contributed by atoms with van der Waals surface area (Å²) >= 11 is 1.75. The predicted molar refractivity (Wildman–Crippen MR) is 78.8 cm³/mol. The largest absolute Gasteiger partial charge is 0.327 e. The topological polar surface area (TPSA) is 38.9 Å². The summed E-state index contributed by atoms with van der Waals surface area (Å²) in [6, 6.07) is 0.366. The van der Waals surface area contributed by atoms with E-state index in [1.165, 1.54) is 30.0 Å². The Morgan fingerprint density at radius 2 is 2.11 bits per heavy atom. The zero-order valence-electron chi connectivity index (χ0n) is 12.1. The van der Waals surface area contributed by atoms with Crippen LogP contribution in [0.4, 0.5) is 0 Å². The van der Waals surface area contributed by atoms with Gasteiger partial charge in [0.15, 0.2) is 0 Å². The summed E-state index contributed by atoms with van der Waals surface area (Å²) in [7, 11) is 0. The van der Waals surface area contributed by atoms with Crippen molar-refractivity contribution in [2.75, 3.05) is 0 Å². The van der Waals surface area contributed by atoms with E-state index >= 15 is 0 Å². The Balaban J connectivity index is 2.02. The molecule has 1 aromatic heterocycles. The molecular weight excluding hydrogens is 240 g/mol.